The smallest absolute Gasteiger partial charge is 0.335 e. The zero-order valence-electron chi connectivity index (χ0n) is 10.6. The second-order valence-electron chi connectivity index (χ2n) is 4.28. The first-order valence-corrected chi connectivity index (χ1v) is 5.30. The number of hydrogen-bond donors (Lipinski definition) is 1. The van der Waals surface area contributed by atoms with Gasteiger partial charge in [0.25, 0.3) is 5.69 Å². The van der Waals surface area contributed by atoms with Crippen molar-refractivity contribution in [1.82, 2.24) is 0 Å². The molecule has 0 aromatic heterocycles. The van der Waals surface area contributed by atoms with Gasteiger partial charge in [-0.15, -0.1) is 5.01 Å². The predicted molar refractivity (Wildman–Crippen MR) is 66.7 cm³/mol. The maximum absolute atomic E-state index is 11.4. The van der Waals surface area contributed by atoms with E-state index in [1.807, 2.05) is 0 Å². The number of benzene rings is 1. The van der Waals surface area contributed by atoms with Crippen molar-refractivity contribution in [2.75, 3.05) is 5.01 Å². The van der Waals surface area contributed by atoms with E-state index in [9.17, 15) is 25.3 Å². The standard InChI is InChI=1S/C10H12N4O6/c1-10(2,9(15)16)12(14(20)11-17)7-3-5-8(6-4-7)13(18)19/h3-6,17H,1-2H3,(H,15,16)/p-1/b14-11-. The molecule has 0 fully saturated rings. The molecule has 0 aliphatic carbocycles. The van der Waals surface area contributed by atoms with Crippen LogP contribution in [0.4, 0.5) is 11.4 Å². The molecule has 1 rings (SSSR count). The topological polar surface area (TPSA) is 145 Å². The first-order valence-electron chi connectivity index (χ1n) is 5.30. The van der Waals surface area contributed by atoms with Gasteiger partial charge in [-0.1, -0.05) is 0 Å². The van der Waals surface area contributed by atoms with Gasteiger partial charge in [-0.3, -0.25) is 10.1 Å². The number of nitrogens with zero attached hydrogens (tertiary/aromatic N) is 4. The Morgan fingerprint density at radius 1 is 1.30 bits per heavy atom. The first-order chi connectivity index (χ1) is 9.21. The van der Waals surface area contributed by atoms with Gasteiger partial charge in [0, 0.05) is 17.1 Å². The Morgan fingerprint density at radius 2 is 1.80 bits per heavy atom. The first kappa shape index (κ1) is 15.1. The van der Waals surface area contributed by atoms with Crippen LogP contribution in [0.3, 0.4) is 0 Å². The van der Waals surface area contributed by atoms with E-state index in [4.69, 9.17) is 5.11 Å². The van der Waals surface area contributed by atoms with Crippen molar-refractivity contribution in [2.45, 2.75) is 19.4 Å². The van der Waals surface area contributed by atoms with Crippen molar-refractivity contribution < 1.29 is 19.8 Å². The fraction of sp³-hybridized carbons (Fsp3) is 0.300. The molecule has 0 saturated carbocycles. The van der Waals surface area contributed by atoms with Crippen LogP contribution in [0, 0.1) is 20.5 Å². The highest BCUT2D eigenvalue weighted by Gasteiger charge is 2.42. The lowest BCUT2D eigenvalue weighted by Crippen LogP contribution is -2.53. The summed E-state index contributed by atoms with van der Waals surface area (Å²) in [5, 5.41) is 44.2. The third-order valence-corrected chi connectivity index (χ3v) is 2.60. The molecule has 10 heteroatoms. The number of hydrazine groups is 1. The molecule has 20 heavy (non-hydrogen) atoms. The lowest BCUT2D eigenvalue weighted by atomic mass is 10.0. The van der Waals surface area contributed by atoms with Gasteiger partial charge in [0.05, 0.1) is 4.92 Å². The fourth-order valence-corrected chi connectivity index (χ4v) is 1.48. The zero-order chi connectivity index (χ0) is 15.5. The molecular formula is C10H11N4O6-. The van der Waals surface area contributed by atoms with E-state index >= 15 is 0 Å². The molecule has 0 atom stereocenters. The summed E-state index contributed by atoms with van der Waals surface area (Å²) in [6.45, 7) is 2.37. The second-order valence-corrected chi connectivity index (χ2v) is 4.28. The van der Waals surface area contributed by atoms with Gasteiger partial charge in [0.1, 0.15) is 5.69 Å². The Balaban J connectivity index is 3.32. The molecule has 0 spiro atoms. The van der Waals surface area contributed by atoms with Gasteiger partial charge in [-0.05, 0) is 31.3 Å². The number of non-ortho nitro benzene ring substituents is 1. The molecular weight excluding hydrogens is 272 g/mol. The van der Waals surface area contributed by atoms with Crippen molar-refractivity contribution in [1.29, 1.82) is 0 Å². The third kappa shape index (κ3) is 2.74. The maximum Gasteiger partial charge on any atom is 0.335 e. The van der Waals surface area contributed by atoms with Gasteiger partial charge in [0.15, 0.2) is 5.54 Å². The number of anilines is 1. The van der Waals surface area contributed by atoms with E-state index in [-0.39, 0.29) is 11.4 Å². The van der Waals surface area contributed by atoms with Gasteiger partial charge in [-0.2, -0.15) is 0 Å². The molecule has 0 aliphatic heterocycles. The van der Waals surface area contributed by atoms with Crippen LogP contribution in [-0.4, -0.2) is 26.5 Å². The molecule has 0 saturated heterocycles. The minimum absolute atomic E-state index is 0.0161. The Labute approximate surface area is 112 Å². The molecule has 10 nitrogen and oxygen atoms in total. The SMILES string of the molecule is CC(C)(C(=O)O)N(c1ccc([N+](=O)[O-])cc1)/[N+]([O-])=N/[O-]. The van der Waals surface area contributed by atoms with Crippen LogP contribution >= 0.6 is 0 Å². The third-order valence-electron chi connectivity index (χ3n) is 2.60. The van der Waals surface area contributed by atoms with E-state index in [0.717, 1.165) is 24.3 Å². The summed E-state index contributed by atoms with van der Waals surface area (Å²) in [5.41, 5.74) is -2.03. The van der Waals surface area contributed by atoms with Gasteiger partial charge in [-0.25, -0.2) is 4.79 Å². The minimum atomic E-state index is -1.77. The number of carboxylic acid groups (broad SMARTS) is 1. The highest BCUT2D eigenvalue weighted by Crippen LogP contribution is 2.26. The van der Waals surface area contributed by atoms with Crippen molar-refractivity contribution in [3.63, 3.8) is 0 Å². The van der Waals surface area contributed by atoms with Crippen LogP contribution in [0.5, 0.6) is 0 Å². The quantitative estimate of drug-likeness (QED) is 0.374. The predicted octanol–water partition coefficient (Wildman–Crippen LogP) is 1.64. The summed E-state index contributed by atoms with van der Waals surface area (Å²) in [7, 11) is 0. The molecule has 0 heterocycles. The van der Waals surface area contributed by atoms with E-state index < -0.39 is 21.4 Å². The summed E-state index contributed by atoms with van der Waals surface area (Å²) < 4.78 is 0. The largest absolute Gasteiger partial charge is 0.737 e. The van der Waals surface area contributed by atoms with E-state index in [2.05, 4.69) is 5.28 Å². The molecule has 0 unspecified atom stereocenters. The van der Waals surface area contributed by atoms with Crippen molar-refractivity contribution in [3.8, 4) is 0 Å². The number of rotatable bonds is 5. The van der Waals surface area contributed by atoms with E-state index in [0.29, 0.717) is 5.01 Å². The number of nitro groups is 1. The number of carbonyl (C=O) groups is 1. The molecule has 0 amide bonds. The Hall–Kier alpha value is -2.91. The summed E-state index contributed by atoms with van der Waals surface area (Å²) in [4.78, 5) is 20.6. The number of carboxylic acids is 1. The fourth-order valence-electron chi connectivity index (χ4n) is 1.48. The summed E-state index contributed by atoms with van der Waals surface area (Å²) >= 11 is 0. The Bertz CT molecular complexity index is 553. The average molecular weight is 283 g/mol. The molecule has 1 N–H and O–H groups in total. The molecule has 1 aromatic rings. The van der Waals surface area contributed by atoms with Crippen LogP contribution < -0.4 is 5.01 Å². The van der Waals surface area contributed by atoms with Gasteiger partial charge in [0.2, 0.25) is 0 Å². The number of nitro benzene ring substituents is 1. The van der Waals surface area contributed by atoms with Gasteiger partial charge < -0.3 is 15.5 Å². The van der Waals surface area contributed by atoms with Crippen LogP contribution in [0.1, 0.15) is 13.8 Å². The number of hydrogen-bond acceptors (Lipinski definition) is 6. The van der Waals surface area contributed by atoms with Crippen molar-refractivity contribution in [2.24, 2.45) is 5.28 Å². The molecule has 0 bridgehead atoms. The number of aliphatic carboxylic acids is 1. The zero-order valence-corrected chi connectivity index (χ0v) is 10.6. The normalized spacial score (nSPS) is 12.0. The monoisotopic (exact) mass is 283 g/mol. The lowest BCUT2D eigenvalue weighted by molar-refractivity contribution is -0.547. The minimum Gasteiger partial charge on any atom is -0.737 e. The van der Waals surface area contributed by atoms with Crippen LogP contribution in [-0.2, 0) is 4.79 Å². The average Bonchev–Trinajstić information content (AvgIpc) is 2.38. The summed E-state index contributed by atoms with van der Waals surface area (Å²) in [5.74, 6) is -1.37. The van der Waals surface area contributed by atoms with Crippen molar-refractivity contribution >= 4 is 17.3 Å². The van der Waals surface area contributed by atoms with Gasteiger partial charge >= 0.3 is 5.97 Å². The summed E-state index contributed by atoms with van der Waals surface area (Å²) in [6.07, 6.45) is 0. The lowest BCUT2D eigenvalue weighted by Gasteiger charge is -2.30. The molecule has 108 valence electrons. The summed E-state index contributed by atoms with van der Waals surface area (Å²) in [6, 6.07) is 4.47. The highest BCUT2D eigenvalue weighted by molar-refractivity contribution is 5.81. The van der Waals surface area contributed by atoms with Crippen LogP contribution in [0.15, 0.2) is 29.5 Å². The van der Waals surface area contributed by atoms with E-state index in [1.54, 1.807) is 0 Å². The molecule has 1 aromatic carbocycles. The molecule has 0 radical (unpaired) electrons. The van der Waals surface area contributed by atoms with Crippen molar-refractivity contribution in [3.05, 3.63) is 44.8 Å². The maximum atomic E-state index is 11.4. The highest BCUT2D eigenvalue weighted by atomic mass is 16.6. The van der Waals surface area contributed by atoms with Crippen LogP contribution in [0.2, 0.25) is 0 Å². The van der Waals surface area contributed by atoms with E-state index in [1.165, 1.54) is 13.8 Å². The second kappa shape index (κ2) is 5.38. The Morgan fingerprint density at radius 3 is 2.15 bits per heavy atom. The molecule has 0 aliphatic rings. The Kier molecular flexibility index (Phi) is 4.08. The van der Waals surface area contributed by atoms with Crippen LogP contribution in [0.25, 0.3) is 0 Å².